The van der Waals surface area contributed by atoms with Crippen LogP contribution in [0.1, 0.15) is 0 Å². The standard InChI is InChI=1S/C48H30N2/c1-2-12-37(13-3-1)49-43-16-8-6-14-41(43)47-39-24-19-33(28-35(39)21-26-45(47)49)34-20-25-40-36(29-34)22-27-46-48(40)42-15-7-9-17-44(42)50(46)38-23-18-31-10-4-5-11-32(31)30-38/h1-30H. The van der Waals surface area contributed by atoms with Gasteiger partial charge in [0.1, 0.15) is 0 Å². The summed E-state index contributed by atoms with van der Waals surface area (Å²) >= 11 is 0. The molecule has 0 amide bonds. The van der Waals surface area contributed by atoms with Gasteiger partial charge in [-0.2, -0.15) is 0 Å². The Kier molecular flexibility index (Phi) is 5.70. The van der Waals surface area contributed by atoms with Crippen LogP contribution in [0, 0.1) is 0 Å². The zero-order valence-corrected chi connectivity index (χ0v) is 27.2. The molecule has 0 atom stereocenters. The molecule has 0 aliphatic rings. The van der Waals surface area contributed by atoms with Gasteiger partial charge in [0.2, 0.25) is 0 Å². The fourth-order valence-electron chi connectivity index (χ4n) is 8.40. The van der Waals surface area contributed by atoms with Gasteiger partial charge in [-0.3, -0.25) is 0 Å². The third kappa shape index (κ3) is 3.90. The van der Waals surface area contributed by atoms with Gasteiger partial charge < -0.3 is 9.13 Å². The van der Waals surface area contributed by atoms with E-state index >= 15 is 0 Å². The summed E-state index contributed by atoms with van der Waals surface area (Å²) in [6, 6.07) is 66.7. The summed E-state index contributed by atoms with van der Waals surface area (Å²) in [5.41, 5.74) is 9.73. The highest BCUT2D eigenvalue weighted by atomic mass is 15.0. The van der Waals surface area contributed by atoms with E-state index in [1.807, 2.05) is 0 Å². The zero-order chi connectivity index (χ0) is 32.8. The summed E-state index contributed by atoms with van der Waals surface area (Å²) in [6.07, 6.45) is 0. The van der Waals surface area contributed by atoms with Crippen molar-refractivity contribution in [3.05, 3.63) is 182 Å². The first kappa shape index (κ1) is 27.3. The van der Waals surface area contributed by atoms with E-state index in [4.69, 9.17) is 0 Å². The van der Waals surface area contributed by atoms with Gasteiger partial charge in [-0.15, -0.1) is 0 Å². The van der Waals surface area contributed by atoms with E-state index < -0.39 is 0 Å². The second kappa shape index (κ2) is 10.4. The molecule has 11 aromatic rings. The van der Waals surface area contributed by atoms with E-state index in [0.717, 1.165) is 0 Å². The highest BCUT2D eigenvalue weighted by Crippen LogP contribution is 2.41. The Morgan fingerprint density at radius 3 is 1.38 bits per heavy atom. The molecule has 0 unspecified atom stereocenters. The third-order valence-corrected chi connectivity index (χ3v) is 10.6. The molecule has 0 fully saturated rings. The molecule has 2 heterocycles. The summed E-state index contributed by atoms with van der Waals surface area (Å²) in [4.78, 5) is 0. The normalized spacial score (nSPS) is 12.0. The number of aromatic nitrogens is 2. The van der Waals surface area contributed by atoms with Crippen LogP contribution < -0.4 is 0 Å². The first-order valence-electron chi connectivity index (χ1n) is 17.3. The number of hydrogen-bond donors (Lipinski definition) is 0. The van der Waals surface area contributed by atoms with Crippen molar-refractivity contribution in [3.63, 3.8) is 0 Å². The lowest BCUT2D eigenvalue weighted by Gasteiger charge is -2.11. The SMILES string of the molecule is c1ccc(-n2c3ccccc3c3c4ccc(-c5ccc6c(ccc7c6c6ccccc6n7-c6ccc7ccccc7c6)c5)cc4ccc32)cc1. The van der Waals surface area contributed by atoms with E-state index in [-0.39, 0.29) is 0 Å². The lowest BCUT2D eigenvalue weighted by molar-refractivity contribution is 1.18. The summed E-state index contributed by atoms with van der Waals surface area (Å²) < 4.78 is 4.81. The van der Waals surface area contributed by atoms with E-state index in [2.05, 4.69) is 191 Å². The molecule has 0 radical (unpaired) electrons. The van der Waals surface area contributed by atoms with Gasteiger partial charge in [-0.25, -0.2) is 0 Å². The monoisotopic (exact) mass is 634 g/mol. The minimum Gasteiger partial charge on any atom is -0.309 e. The Labute approximate surface area is 288 Å². The van der Waals surface area contributed by atoms with Crippen molar-refractivity contribution in [1.82, 2.24) is 9.13 Å². The van der Waals surface area contributed by atoms with Crippen LogP contribution >= 0.6 is 0 Å². The second-order valence-corrected chi connectivity index (χ2v) is 13.4. The Bertz CT molecular complexity index is 3140. The summed E-state index contributed by atoms with van der Waals surface area (Å²) in [7, 11) is 0. The summed E-state index contributed by atoms with van der Waals surface area (Å²) in [5, 5.41) is 12.7. The number of benzene rings is 9. The Hall–Kier alpha value is -6.64. The van der Waals surface area contributed by atoms with Crippen molar-refractivity contribution in [2.24, 2.45) is 0 Å². The van der Waals surface area contributed by atoms with Crippen molar-refractivity contribution < 1.29 is 0 Å². The van der Waals surface area contributed by atoms with Crippen molar-refractivity contribution >= 4 is 75.9 Å². The number of rotatable bonds is 3. The molecule has 2 heteroatoms. The minimum atomic E-state index is 1.18. The maximum absolute atomic E-state index is 2.42. The van der Waals surface area contributed by atoms with Crippen molar-refractivity contribution in [2.75, 3.05) is 0 Å². The van der Waals surface area contributed by atoms with E-state index in [1.165, 1.54) is 98.4 Å². The van der Waals surface area contributed by atoms with Gasteiger partial charge in [-0.1, -0.05) is 121 Å². The molecule has 9 aromatic carbocycles. The lowest BCUT2D eigenvalue weighted by Crippen LogP contribution is -1.93. The average Bonchev–Trinajstić information content (AvgIpc) is 3.71. The van der Waals surface area contributed by atoms with E-state index in [0.29, 0.717) is 0 Å². The summed E-state index contributed by atoms with van der Waals surface area (Å²) in [5.74, 6) is 0. The molecule has 11 rings (SSSR count). The molecule has 0 N–H and O–H groups in total. The highest BCUT2D eigenvalue weighted by Gasteiger charge is 2.17. The first-order valence-corrected chi connectivity index (χ1v) is 17.3. The fraction of sp³-hybridized carbons (Fsp3) is 0. The number of para-hydroxylation sites is 3. The van der Waals surface area contributed by atoms with Crippen molar-refractivity contribution in [3.8, 4) is 22.5 Å². The van der Waals surface area contributed by atoms with Gasteiger partial charge in [-0.05, 0) is 104 Å². The highest BCUT2D eigenvalue weighted by molar-refractivity contribution is 6.23. The van der Waals surface area contributed by atoms with Crippen LogP contribution in [0.15, 0.2) is 182 Å². The largest absolute Gasteiger partial charge is 0.309 e. The van der Waals surface area contributed by atoms with Gasteiger partial charge in [0.05, 0.1) is 22.1 Å². The molecule has 0 bridgehead atoms. The predicted molar refractivity (Wildman–Crippen MR) is 213 cm³/mol. The van der Waals surface area contributed by atoms with Crippen LogP contribution in [-0.4, -0.2) is 9.13 Å². The molecule has 50 heavy (non-hydrogen) atoms. The first-order chi connectivity index (χ1) is 24.8. The molecule has 0 aliphatic carbocycles. The van der Waals surface area contributed by atoms with Gasteiger partial charge in [0.15, 0.2) is 0 Å². The Balaban J connectivity index is 1.08. The molecule has 0 aliphatic heterocycles. The maximum atomic E-state index is 2.42. The summed E-state index contributed by atoms with van der Waals surface area (Å²) in [6.45, 7) is 0. The molecule has 2 nitrogen and oxygen atoms in total. The Morgan fingerprint density at radius 2 is 0.760 bits per heavy atom. The molecule has 0 saturated heterocycles. The van der Waals surface area contributed by atoms with E-state index in [1.54, 1.807) is 0 Å². The molecular formula is C48H30N2. The second-order valence-electron chi connectivity index (χ2n) is 13.4. The van der Waals surface area contributed by atoms with Crippen LogP contribution in [0.4, 0.5) is 0 Å². The number of fused-ring (bicyclic) bond motifs is 11. The minimum absolute atomic E-state index is 1.18. The van der Waals surface area contributed by atoms with Crippen LogP contribution in [0.2, 0.25) is 0 Å². The van der Waals surface area contributed by atoms with E-state index in [9.17, 15) is 0 Å². The topological polar surface area (TPSA) is 9.86 Å². The number of hydrogen-bond acceptors (Lipinski definition) is 0. The average molecular weight is 635 g/mol. The molecule has 0 saturated carbocycles. The van der Waals surface area contributed by atoms with Gasteiger partial charge in [0.25, 0.3) is 0 Å². The van der Waals surface area contributed by atoms with Crippen molar-refractivity contribution in [2.45, 2.75) is 0 Å². The van der Waals surface area contributed by atoms with Gasteiger partial charge in [0, 0.05) is 32.9 Å². The molecule has 0 spiro atoms. The smallest absolute Gasteiger partial charge is 0.0547 e. The fourth-order valence-corrected chi connectivity index (χ4v) is 8.40. The predicted octanol–water partition coefficient (Wildman–Crippen LogP) is 13.0. The lowest BCUT2D eigenvalue weighted by atomic mass is 9.95. The third-order valence-electron chi connectivity index (χ3n) is 10.6. The molecular weight excluding hydrogens is 605 g/mol. The molecule has 2 aromatic heterocycles. The molecule has 232 valence electrons. The van der Waals surface area contributed by atoms with Gasteiger partial charge >= 0.3 is 0 Å². The van der Waals surface area contributed by atoms with Crippen molar-refractivity contribution in [1.29, 1.82) is 0 Å². The quantitative estimate of drug-likeness (QED) is 0.183. The van der Waals surface area contributed by atoms with Crippen LogP contribution in [0.3, 0.4) is 0 Å². The van der Waals surface area contributed by atoms with Crippen LogP contribution in [0.5, 0.6) is 0 Å². The Morgan fingerprint density at radius 1 is 0.260 bits per heavy atom. The zero-order valence-electron chi connectivity index (χ0n) is 27.2. The maximum Gasteiger partial charge on any atom is 0.0547 e. The van der Waals surface area contributed by atoms with Crippen LogP contribution in [0.25, 0.3) is 98.4 Å². The number of nitrogens with zero attached hydrogens (tertiary/aromatic N) is 2. The van der Waals surface area contributed by atoms with Crippen LogP contribution in [-0.2, 0) is 0 Å².